The minimum absolute atomic E-state index is 0.194. The van der Waals surface area contributed by atoms with E-state index < -0.39 is 0 Å². The molecule has 0 aliphatic carbocycles. The maximum Gasteiger partial charge on any atom is 0.224 e. The minimum Gasteiger partial charge on any atom is -0.438 e. The molecule has 0 unspecified atom stereocenters. The Morgan fingerprint density at radius 3 is 2.73 bits per heavy atom. The maximum absolute atomic E-state index is 5.51. The number of rotatable bonds is 2. The summed E-state index contributed by atoms with van der Waals surface area (Å²) in [6.45, 7) is 0. The van der Waals surface area contributed by atoms with Crippen LogP contribution in [-0.2, 0) is 0 Å². The number of hydrogen-bond acceptors (Lipinski definition) is 4. The molecule has 0 aliphatic rings. The molecule has 0 bridgehead atoms. The van der Waals surface area contributed by atoms with Crippen LogP contribution >= 0.6 is 15.9 Å². The van der Waals surface area contributed by atoms with Gasteiger partial charge in [0, 0.05) is 12.3 Å². The zero-order valence-corrected chi connectivity index (χ0v) is 9.31. The molecule has 1 heterocycles. The lowest BCUT2D eigenvalue weighted by atomic mass is 10.3. The highest BCUT2D eigenvalue weighted by molar-refractivity contribution is 9.10. The summed E-state index contributed by atoms with van der Waals surface area (Å²) >= 11 is 3.37. The molecule has 0 amide bonds. The van der Waals surface area contributed by atoms with Crippen LogP contribution < -0.4 is 10.5 Å². The van der Waals surface area contributed by atoms with Crippen molar-refractivity contribution in [2.45, 2.75) is 0 Å². The van der Waals surface area contributed by atoms with Crippen molar-refractivity contribution in [2.75, 3.05) is 5.73 Å². The van der Waals surface area contributed by atoms with Crippen molar-refractivity contribution >= 4 is 21.9 Å². The van der Waals surface area contributed by atoms with Gasteiger partial charge in [0.15, 0.2) is 0 Å². The van der Waals surface area contributed by atoms with Gasteiger partial charge in [-0.05, 0) is 28.1 Å². The van der Waals surface area contributed by atoms with Crippen LogP contribution in [0.4, 0.5) is 5.95 Å². The number of aromatic nitrogens is 2. The Bertz CT molecular complexity index is 476. The average molecular weight is 266 g/mol. The van der Waals surface area contributed by atoms with Crippen LogP contribution in [0.1, 0.15) is 0 Å². The summed E-state index contributed by atoms with van der Waals surface area (Å²) in [6, 6.07) is 9.16. The van der Waals surface area contributed by atoms with Crippen molar-refractivity contribution in [3.05, 3.63) is 41.0 Å². The van der Waals surface area contributed by atoms with Crippen molar-refractivity contribution in [1.29, 1.82) is 0 Å². The lowest BCUT2D eigenvalue weighted by molar-refractivity contribution is 0.460. The zero-order valence-electron chi connectivity index (χ0n) is 7.72. The molecule has 0 aliphatic heterocycles. The second kappa shape index (κ2) is 4.27. The molecule has 0 radical (unpaired) electrons. The van der Waals surface area contributed by atoms with E-state index in [1.54, 1.807) is 12.3 Å². The molecular formula is C10H8BrN3O. The number of benzene rings is 1. The number of anilines is 1. The van der Waals surface area contributed by atoms with Crippen LogP contribution in [-0.4, -0.2) is 9.97 Å². The Kier molecular flexibility index (Phi) is 2.82. The van der Waals surface area contributed by atoms with Gasteiger partial charge in [0.1, 0.15) is 5.75 Å². The first kappa shape index (κ1) is 9.92. The molecule has 0 saturated carbocycles. The standard InChI is InChI=1S/C10H8BrN3O/c11-7-3-1-2-4-8(7)15-9-5-6-13-10(12)14-9/h1-6H,(H2,12,13,14). The molecule has 4 nitrogen and oxygen atoms in total. The fourth-order valence-corrected chi connectivity index (χ4v) is 1.42. The Balaban J connectivity index is 2.26. The number of ether oxygens (including phenoxy) is 1. The van der Waals surface area contributed by atoms with Crippen LogP contribution in [0.15, 0.2) is 41.0 Å². The summed E-state index contributed by atoms with van der Waals surface area (Å²) in [6.07, 6.45) is 1.55. The third-order valence-corrected chi connectivity index (χ3v) is 2.35. The SMILES string of the molecule is Nc1nccc(Oc2ccccc2Br)n1. The van der Waals surface area contributed by atoms with Gasteiger partial charge in [-0.15, -0.1) is 0 Å². The normalized spacial score (nSPS) is 9.93. The number of nitrogens with zero attached hydrogens (tertiary/aromatic N) is 2. The smallest absolute Gasteiger partial charge is 0.224 e. The van der Waals surface area contributed by atoms with E-state index in [0.29, 0.717) is 11.6 Å². The van der Waals surface area contributed by atoms with Crippen molar-refractivity contribution in [3.8, 4) is 11.6 Å². The average Bonchev–Trinajstić information content (AvgIpc) is 2.22. The quantitative estimate of drug-likeness (QED) is 0.907. The van der Waals surface area contributed by atoms with Crippen molar-refractivity contribution in [3.63, 3.8) is 0 Å². The Hall–Kier alpha value is -1.62. The summed E-state index contributed by atoms with van der Waals surface area (Å²) in [4.78, 5) is 7.71. The Morgan fingerprint density at radius 2 is 2.00 bits per heavy atom. The monoisotopic (exact) mass is 265 g/mol. The fourth-order valence-electron chi connectivity index (χ4n) is 1.05. The summed E-state index contributed by atoms with van der Waals surface area (Å²) in [5.41, 5.74) is 5.44. The third-order valence-electron chi connectivity index (χ3n) is 1.70. The van der Waals surface area contributed by atoms with Crippen LogP contribution in [0.2, 0.25) is 0 Å². The van der Waals surface area contributed by atoms with Crippen molar-refractivity contribution < 1.29 is 4.74 Å². The highest BCUT2D eigenvalue weighted by atomic mass is 79.9. The van der Waals surface area contributed by atoms with E-state index in [-0.39, 0.29) is 5.95 Å². The predicted molar refractivity (Wildman–Crippen MR) is 60.7 cm³/mol. The van der Waals surface area contributed by atoms with Gasteiger partial charge >= 0.3 is 0 Å². The van der Waals surface area contributed by atoms with Gasteiger partial charge < -0.3 is 10.5 Å². The molecule has 2 aromatic rings. The fraction of sp³-hybridized carbons (Fsp3) is 0. The number of nitrogen functional groups attached to an aromatic ring is 1. The van der Waals surface area contributed by atoms with Crippen LogP contribution in [0.3, 0.4) is 0 Å². The van der Waals surface area contributed by atoms with E-state index in [2.05, 4.69) is 25.9 Å². The largest absolute Gasteiger partial charge is 0.438 e. The van der Waals surface area contributed by atoms with Crippen LogP contribution in [0.5, 0.6) is 11.6 Å². The van der Waals surface area contributed by atoms with Crippen LogP contribution in [0.25, 0.3) is 0 Å². The van der Waals surface area contributed by atoms with E-state index in [9.17, 15) is 0 Å². The topological polar surface area (TPSA) is 61.0 Å². The third kappa shape index (κ3) is 2.44. The molecule has 15 heavy (non-hydrogen) atoms. The van der Waals surface area contributed by atoms with Gasteiger partial charge in [-0.3, -0.25) is 0 Å². The number of halogens is 1. The first-order valence-corrected chi connectivity index (χ1v) is 5.06. The van der Waals surface area contributed by atoms with E-state index in [1.165, 1.54) is 0 Å². The zero-order chi connectivity index (χ0) is 10.7. The lowest BCUT2D eigenvalue weighted by Crippen LogP contribution is -1.96. The molecule has 76 valence electrons. The highest BCUT2D eigenvalue weighted by Gasteiger charge is 2.02. The summed E-state index contributed by atoms with van der Waals surface area (Å²) in [5, 5.41) is 0. The molecule has 5 heteroatoms. The number of nitrogens with two attached hydrogens (primary N) is 1. The van der Waals surface area contributed by atoms with Gasteiger partial charge in [0.05, 0.1) is 4.47 Å². The Labute approximate surface area is 95.2 Å². The van der Waals surface area contributed by atoms with Gasteiger partial charge in [0.2, 0.25) is 11.8 Å². The number of hydrogen-bond donors (Lipinski definition) is 1. The molecule has 2 N–H and O–H groups in total. The van der Waals surface area contributed by atoms with Crippen molar-refractivity contribution in [2.24, 2.45) is 0 Å². The van der Waals surface area contributed by atoms with E-state index >= 15 is 0 Å². The van der Waals surface area contributed by atoms with Gasteiger partial charge in [-0.2, -0.15) is 4.98 Å². The van der Waals surface area contributed by atoms with E-state index in [0.717, 1.165) is 4.47 Å². The van der Waals surface area contributed by atoms with Crippen LogP contribution in [0, 0.1) is 0 Å². The summed E-state index contributed by atoms with van der Waals surface area (Å²) in [7, 11) is 0. The van der Waals surface area contributed by atoms with Gasteiger partial charge in [0.25, 0.3) is 0 Å². The van der Waals surface area contributed by atoms with E-state index in [4.69, 9.17) is 10.5 Å². The first-order valence-electron chi connectivity index (χ1n) is 4.26. The summed E-state index contributed by atoms with van der Waals surface area (Å²) < 4.78 is 6.38. The molecule has 1 aromatic carbocycles. The van der Waals surface area contributed by atoms with Gasteiger partial charge in [-0.1, -0.05) is 12.1 Å². The molecule has 0 saturated heterocycles. The molecule has 2 rings (SSSR count). The van der Waals surface area contributed by atoms with Crippen molar-refractivity contribution in [1.82, 2.24) is 9.97 Å². The minimum atomic E-state index is 0.194. The second-order valence-corrected chi connectivity index (χ2v) is 3.64. The molecule has 0 spiro atoms. The Morgan fingerprint density at radius 1 is 1.20 bits per heavy atom. The predicted octanol–water partition coefficient (Wildman–Crippen LogP) is 2.61. The summed E-state index contributed by atoms with van der Waals surface area (Å²) in [5.74, 6) is 1.31. The first-order chi connectivity index (χ1) is 7.25. The second-order valence-electron chi connectivity index (χ2n) is 2.79. The molecule has 0 fully saturated rings. The molecular weight excluding hydrogens is 258 g/mol. The highest BCUT2D eigenvalue weighted by Crippen LogP contribution is 2.27. The van der Waals surface area contributed by atoms with Gasteiger partial charge in [-0.25, -0.2) is 4.98 Å². The van der Waals surface area contributed by atoms with E-state index in [1.807, 2.05) is 24.3 Å². The molecule has 1 aromatic heterocycles. The maximum atomic E-state index is 5.51. The number of para-hydroxylation sites is 1. The molecule has 0 atom stereocenters. The lowest BCUT2D eigenvalue weighted by Gasteiger charge is -2.05.